The van der Waals surface area contributed by atoms with Crippen LogP contribution in [-0.4, -0.2) is 139 Å². The molecule has 6 heterocycles. The summed E-state index contributed by atoms with van der Waals surface area (Å²) in [5.41, 5.74) is 24.9. The van der Waals surface area contributed by atoms with Crippen molar-refractivity contribution in [3.63, 3.8) is 0 Å². The molecule has 6 aromatic heterocycles. The number of likely N-dealkylation sites (N-methyl/N-ethyl adjacent to an activating group) is 4. The van der Waals surface area contributed by atoms with Crippen LogP contribution < -0.4 is 11.5 Å². The molecule has 18 heteroatoms. The lowest BCUT2D eigenvalue weighted by Crippen LogP contribution is -2.14. The van der Waals surface area contributed by atoms with Gasteiger partial charge < -0.3 is 51.0 Å². The Balaban J connectivity index is 0.000000188. The van der Waals surface area contributed by atoms with Crippen molar-refractivity contribution in [3.05, 3.63) is 192 Å². The van der Waals surface area contributed by atoms with Crippen LogP contribution in [0.25, 0.3) is 48.5 Å². The molecular weight excluding hydrogens is 1230 g/mol. The number of rotatable bonds is 17. The zero-order valence-corrected chi connectivity index (χ0v) is 54.0. The second kappa shape index (κ2) is 33.4. The molecule has 9 N–H and O–H groups in total. The van der Waals surface area contributed by atoms with E-state index in [1.165, 1.54) is 83.2 Å². The van der Waals surface area contributed by atoms with E-state index >= 15 is 0 Å². The number of hydrogen-bond donors (Lipinski definition) is 7. The Bertz CT molecular complexity index is 3510. The van der Waals surface area contributed by atoms with Crippen LogP contribution in [0.3, 0.4) is 0 Å². The van der Waals surface area contributed by atoms with Gasteiger partial charge in [-0.25, -0.2) is 4.85 Å². The first kappa shape index (κ1) is 65.2. The Labute approximate surface area is 511 Å². The lowest BCUT2D eigenvalue weighted by atomic mass is 10.1. The number of nitrogens with zero attached hydrogens (tertiary/aromatic N) is 6. The number of nitrogens with one attached hydrogen (secondary N) is 5. The molecular formula is C62H79BrIN13S3. The van der Waals surface area contributed by atoms with Gasteiger partial charge in [-0.15, -0.1) is 58.4 Å². The Hall–Kier alpha value is -5.57. The average Bonchev–Trinajstić information content (AvgIpc) is 4.33. The number of benzene rings is 4. The molecule has 10 rings (SSSR count). The summed E-state index contributed by atoms with van der Waals surface area (Å²) in [5, 5.41) is 17.1. The Morgan fingerprint density at radius 2 is 0.988 bits per heavy atom. The number of aromatic nitrogens is 4. The van der Waals surface area contributed by atoms with Crippen molar-refractivity contribution in [1.82, 2.24) is 39.5 Å². The SMILES string of the molecule is CN(C)CCc1c[nH]c2ccc(Br)cc12.CN(C)CCc1c[nH]c2ccc(CN)cc12.CN(C)CCc1c[nH]c2ccc(CN=C(N)c3cccs3)cc12.CSC(=N)c1cccs1.I.[C-]#[N+]c1ccc2[nH]cc(CCN(C)C)c2c1. The molecule has 0 spiro atoms. The van der Waals surface area contributed by atoms with Crippen molar-refractivity contribution >= 4 is 135 Å². The predicted molar refractivity (Wildman–Crippen MR) is 363 cm³/mol. The monoisotopic (exact) mass is 1310 g/mol. The van der Waals surface area contributed by atoms with E-state index in [-0.39, 0.29) is 24.0 Å². The van der Waals surface area contributed by atoms with Crippen LogP contribution >= 0.6 is 74.3 Å². The Morgan fingerprint density at radius 1 is 0.588 bits per heavy atom. The number of halogens is 2. The highest BCUT2D eigenvalue weighted by molar-refractivity contribution is 14.0. The molecule has 80 heavy (non-hydrogen) atoms. The second-order valence-electron chi connectivity index (χ2n) is 20.2. The van der Waals surface area contributed by atoms with E-state index in [1.807, 2.05) is 65.7 Å². The van der Waals surface area contributed by atoms with Crippen molar-refractivity contribution in [2.45, 2.75) is 38.8 Å². The maximum absolute atomic E-state index is 7.37. The van der Waals surface area contributed by atoms with Gasteiger partial charge in [-0.1, -0.05) is 46.3 Å². The van der Waals surface area contributed by atoms with Crippen LogP contribution in [0.15, 0.2) is 142 Å². The minimum absolute atomic E-state index is 0. The van der Waals surface area contributed by atoms with E-state index in [0.29, 0.717) is 29.7 Å². The number of fused-ring (bicyclic) bond motifs is 4. The van der Waals surface area contributed by atoms with Crippen molar-refractivity contribution in [1.29, 1.82) is 5.41 Å². The number of aromatic amines is 4. The molecule has 0 saturated heterocycles. The van der Waals surface area contributed by atoms with Crippen LogP contribution in [-0.2, 0) is 38.8 Å². The molecule has 0 bridgehead atoms. The van der Waals surface area contributed by atoms with Gasteiger partial charge in [0.2, 0.25) is 0 Å². The normalized spacial score (nSPS) is 11.2. The topological polar surface area (TPSA) is 169 Å². The highest BCUT2D eigenvalue weighted by atomic mass is 127. The van der Waals surface area contributed by atoms with E-state index in [4.69, 9.17) is 23.4 Å². The number of thiophene rings is 2. The van der Waals surface area contributed by atoms with Crippen molar-refractivity contribution in [2.75, 3.05) is 88.8 Å². The van der Waals surface area contributed by atoms with Crippen LogP contribution in [0.5, 0.6) is 0 Å². The van der Waals surface area contributed by atoms with Gasteiger partial charge in [0.05, 0.1) is 22.9 Å². The molecule has 0 aliphatic rings. The van der Waals surface area contributed by atoms with Crippen LogP contribution in [0.2, 0.25) is 0 Å². The summed E-state index contributed by atoms with van der Waals surface area (Å²) in [6.07, 6.45) is 14.5. The quantitative estimate of drug-likeness (QED) is 0.0206. The van der Waals surface area contributed by atoms with Crippen LogP contribution in [0.1, 0.15) is 43.1 Å². The van der Waals surface area contributed by atoms with Gasteiger partial charge in [-0.2, -0.15) is 0 Å². The van der Waals surface area contributed by atoms with E-state index in [0.717, 1.165) is 71.6 Å². The molecule has 10 aromatic rings. The van der Waals surface area contributed by atoms with Crippen molar-refractivity contribution < 1.29 is 0 Å². The minimum atomic E-state index is 0. The zero-order valence-electron chi connectivity index (χ0n) is 47.6. The molecule has 13 nitrogen and oxygen atoms in total. The average molecular weight is 1310 g/mol. The number of nitrogens with two attached hydrogens (primary N) is 2. The second-order valence-corrected chi connectivity index (χ2v) is 23.8. The number of thioether (sulfide) groups is 1. The van der Waals surface area contributed by atoms with E-state index < -0.39 is 0 Å². The summed E-state index contributed by atoms with van der Waals surface area (Å²) >= 11 is 8.21. The highest BCUT2D eigenvalue weighted by Crippen LogP contribution is 2.26. The zero-order chi connectivity index (χ0) is 56.8. The fraction of sp³-hybridized carbons (Fsp3) is 0.306. The molecule has 0 aliphatic heterocycles. The molecule has 0 atom stereocenters. The van der Waals surface area contributed by atoms with E-state index in [2.05, 4.69) is 195 Å². The molecule has 0 saturated carbocycles. The van der Waals surface area contributed by atoms with Gasteiger partial charge in [0.25, 0.3) is 0 Å². The Kier molecular flexibility index (Phi) is 27.2. The number of amidine groups is 1. The lowest BCUT2D eigenvalue weighted by molar-refractivity contribution is 0.414. The van der Waals surface area contributed by atoms with Gasteiger partial charge in [0, 0.05) is 100 Å². The largest absolute Gasteiger partial charge is 0.383 e. The molecule has 0 unspecified atom stereocenters. The third-order valence-electron chi connectivity index (χ3n) is 13.0. The first-order valence-corrected chi connectivity index (χ1v) is 30.0. The Morgan fingerprint density at radius 3 is 1.40 bits per heavy atom. The van der Waals surface area contributed by atoms with E-state index in [1.54, 1.807) is 22.7 Å². The van der Waals surface area contributed by atoms with Gasteiger partial charge in [-0.05, 0) is 205 Å². The third-order valence-corrected chi connectivity index (χ3v) is 16.0. The fourth-order valence-electron chi connectivity index (χ4n) is 8.45. The predicted octanol–water partition coefficient (Wildman–Crippen LogP) is 13.9. The first-order valence-electron chi connectivity index (χ1n) is 26.3. The summed E-state index contributed by atoms with van der Waals surface area (Å²) in [4.78, 5) is 32.0. The number of H-pyrrole nitrogens is 4. The lowest BCUT2D eigenvalue weighted by Gasteiger charge is -2.08. The van der Waals surface area contributed by atoms with Gasteiger partial charge >= 0.3 is 0 Å². The first-order chi connectivity index (χ1) is 38.0. The summed E-state index contributed by atoms with van der Waals surface area (Å²) in [6, 6.07) is 32.9. The van der Waals surface area contributed by atoms with Gasteiger partial charge in [0.1, 0.15) is 10.9 Å². The van der Waals surface area contributed by atoms with Crippen LogP contribution in [0.4, 0.5) is 5.69 Å². The van der Waals surface area contributed by atoms with Gasteiger partial charge in [-0.3, -0.25) is 10.4 Å². The molecule has 4 aromatic carbocycles. The highest BCUT2D eigenvalue weighted by Gasteiger charge is 2.09. The smallest absolute Gasteiger partial charge is 0.187 e. The summed E-state index contributed by atoms with van der Waals surface area (Å²) in [7, 11) is 16.7. The van der Waals surface area contributed by atoms with E-state index in [9.17, 15) is 0 Å². The minimum Gasteiger partial charge on any atom is -0.383 e. The maximum atomic E-state index is 7.37. The summed E-state index contributed by atoms with van der Waals surface area (Å²) in [5.74, 6) is 0.613. The van der Waals surface area contributed by atoms with Gasteiger partial charge in [0.15, 0.2) is 5.69 Å². The fourth-order valence-corrected chi connectivity index (χ4v) is 10.7. The van der Waals surface area contributed by atoms with Crippen molar-refractivity contribution in [2.24, 2.45) is 16.5 Å². The molecule has 0 aliphatic carbocycles. The summed E-state index contributed by atoms with van der Waals surface area (Å²) < 4.78 is 1.14. The van der Waals surface area contributed by atoms with Crippen molar-refractivity contribution in [3.8, 4) is 0 Å². The number of aliphatic imine (C=N–C) groups is 1. The molecule has 0 amide bonds. The standard InChI is InChI=1S/C18H22N4S.C13H15N3.C13H19N3.C12H15BrN2.C6H7NS2.HI/c1-22(2)8-7-14-12-20-16-6-5-13(10-15(14)16)11-21-18(19)17-4-3-9-23-17;1-14-11-4-5-13-12(8-11)10(9-15-13)6-7-16(2)3;1-16(2)6-5-11-9-15-13-4-3-10(8-14)7-12(11)13;1-15(2)6-5-9-8-14-12-4-3-10(13)7-11(9)12;1-8-6(7)5-3-2-4-9-5;/h3-6,9-10,12,20H,7-8,11H2,1-2H3,(H2,19,21);4-5,8-9,15H,6-7H2,2-3H3;3-4,7,9,15H,5-6,8,14H2,1-2H3;3-4,7-8,14H,5-6H2,1-2H3;2-4,7H,1H3;1H. The third kappa shape index (κ3) is 20.1. The van der Waals surface area contributed by atoms with Crippen LogP contribution in [0, 0.1) is 12.0 Å². The number of hydrogen-bond acceptors (Lipinski definition) is 10. The maximum Gasteiger partial charge on any atom is 0.187 e. The molecule has 424 valence electrons. The summed E-state index contributed by atoms with van der Waals surface area (Å²) in [6.45, 7) is 12.5. The molecule has 0 radical (unpaired) electrons. The molecule has 0 fully saturated rings.